The van der Waals surface area contributed by atoms with Crippen LogP contribution in [0.15, 0.2) is 64.8 Å². The van der Waals surface area contributed by atoms with Crippen LogP contribution in [-0.2, 0) is 9.59 Å². The molecule has 9 nitrogen and oxygen atoms in total. The van der Waals surface area contributed by atoms with Crippen LogP contribution in [0, 0.1) is 11.7 Å². The van der Waals surface area contributed by atoms with Crippen molar-refractivity contribution in [3.8, 4) is 0 Å². The Morgan fingerprint density at radius 3 is 2.06 bits per heavy atom. The van der Waals surface area contributed by atoms with Crippen LogP contribution >= 0.6 is 0 Å². The lowest BCUT2D eigenvalue weighted by Crippen LogP contribution is -2.64. The number of imide groups is 2. The van der Waals surface area contributed by atoms with Gasteiger partial charge in [0.1, 0.15) is 17.8 Å². The maximum absolute atomic E-state index is 14.4. The molecule has 1 atom stereocenters. The van der Waals surface area contributed by atoms with Crippen molar-refractivity contribution in [1.82, 2.24) is 14.9 Å². The first-order chi connectivity index (χ1) is 14.8. The van der Waals surface area contributed by atoms with E-state index in [2.05, 4.69) is 10.2 Å². The molecule has 0 saturated carbocycles. The minimum absolute atomic E-state index is 0.0562. The van der Waals surface area contributed by atoms with E-state index >= 15 is 0 Å². The number of barbiturate groups is 1. The second-order valence-corrected chi connectivity index (χ2v) is 7.10. The molecule has 158 valence electrons. The number of amidine groups is 1. The largest absolute Gasteiger partial charge is 0.332 e. The number of carbonyl (C=O) groups is 3. The quantitative estimate of drug-likeness (QED) is 0.757. The second kappa shape index (κ2) is 7.73. The molecule has 4 amide bonds. The number of urea groups is 1. The maximum atomic E-state index is 14.4. The Morgan fingerprint density at radius 1 is 0.871 bits per heavy atom. The highest BCUT2D eigenvalue weighted by molar-refractivity contribution is 6.21. The summed E-state index contributed by atoms with van der Waals surface area (Å²) in [6, 6.07) is 12.1. The smallest absolute Gasteiger partial charge is 0.286 e. The van der Waals surface area contributed by atoms with Gasteiger partial charge in [0.05, 0.1) is 11.3 Å². The number of carbonyl (C=O) groups excluding carboxylic acids is 3. The van der Waals surface area contributed by atoms with Crippen molar-refractivity contribution >= 4 is 29.4 Å². The molecule has 1 N–H and O–H groups in total. The van der Waals surface area contributed by atoms with Gasteiger partial charge >= 0.3 is 6.03 Å². The fraction of sp³-hybridized carbons (Fsp3) is 0.190. The van der Waals surface area contributed by atoms with E-state index < -0.39 is 35.6 Å². The average Bonchev–Trinajstić information content (AvgIpc) is 2.78. The number of hydrogen-bond donors (Lipinski definition) is 1. The Kier molecular flexibility index (Phi) is 5.07. The zero-order valence-electron chi connectivity index (χ0n) is 16.6. The Balaban J connectivity index is 1.88. The third kappa shape index (κ3) is 3.26. The number of nitrogens with zero attached hydrogens (tertiary/aromatic N) is 5. The molecule has 1 fully saturated rings. The van der Waals surface area contributed by atoms with Gasteiger partial charge in [0.15, 0.2) is 5.84 Å². The first kappa shape index (κ1) is 20.4. The van der Waals surface area contributed by atoms with Gasteiger partial charge < -0.3 is 0 Å². The SMILES string of the molecule is CN1C(=O)C(C2C(c3ccccc3)=NN=C(c3ccccc3F)N2O)C(=O)N(C)C1=O. The first-order valence-corrected chi connectivity index (χ1v) is 9.36. The number of amides is 4. The lowest BCUT2D eigenvalue weighted by Gasteiger charge is -2.40. The summed E-state index contributed by atoms with van der Waals surface area (Å²) >= 11 is 0. The highest BCUT2D eigenvalue weighted by Crippen LogP contribution is 2.29. The molecule has 10 heteroatoms. The zero-order valence-corrected chi connectivity index (χ0v) is 16.6. The molecule has 2 aliphatic rings. The maximum Gasteiger partial charge on any atom is 0.332 e. The minimum Gasteiger partial charge on any atom is -0.286 e. The minimum atomic E-state index is -1.51. The highest BCUT2D eigenvalue weighted by Gasteiger charge is 2.52. The number of rotatable bonds is 3. The van der Waals surface area contributed by atoms with Crippen LogP contribution in [0.25, 0.3) is 0 Å². The van der Waals surface area contributed by atoms with E-state index in [1.165, 1.54) is 32.3 Å². The summed E-state index contributed by atoms with van der Waals surface area (Å²) in [5.74, 6) is -4.05. The molecular formula is C21H18FN5O4. The van der Waals surface area contributed by atoms with Gasteiger partial charge in [-0.2, -0.15) is 5.10 Å². The summed E-state index contributed by atoms with van der Waals surface area (Å²) in [5.41, 5.74) is 0.580. The Labute approximate surface area is 176 Å². The molecule has 0 bridgehead atoms. The van der Waals surface area contributed by atoms with E-state index in [-0.39, 0.29) is 17.1 Å². The molecular weight excluding hydrogens is 405 g/mol. The van der Waals surface area contributed by atoms with Crippen LogP contribution in [-0.4, -0.2) is 69.6 Å². The summed E-state index contributed by atoms with van der Waals surface area (Å²) in [6.45, 7) is 0. The average molecular weight is 423 g/mol. The van der Waals surface area contributed by atoms with Crippen LogP contribution in [0.4, 0.5) is 9.18 Å². The third-order valence-corrected chi connectivity index (χ3v) is 5.28. The second-order valence-electron chi connectivity index (χ2n) is 7.10. The van der Waals surface area contributed by atoms with E-state index in [1.807, 2.05) is 0 Å². The first-order valence-electron chi connectivity index (χ1n) is 9.36. The van der Waals surface area contributed by atoms with E-state index in [0.29, 0.717) is 10.6 Å². The van der Waals surface area contributed by atoms with Gasteiger partial charge in [0, 0.05) is 19.7 Å². The van der Waals surface area contributed by atoms with Gasteiger partial charge in [-0.15, -0.1) is 5.10 Å². The van der Waals surface area contributed by atoms with Gasteiger partial charge in [-0.25, -0.2) is 14.2 Å². The highest BCUT2D eigenvalue weighted by atomic mass is 19.1. The number of halogens is 1. The predicted octanol–water partition coefficient (Wildman–Crippen LogP) is 1.72. The van der Waals surface area contributed by atoms with Gasteiger partial charge in [0.25, 0.3) is 0 Å². The molecule has 2 aliphatic heterocycles. The molecule has 0 aromatic heterocycles. The van der Waals surface area contributed by atoms with E-state index in [4.69, 9.17) is 0 Å². The van der Waals surface area contributed by atoms with Gasteiger partial charge in [-0.05, 0) is 12.1 Å². The molecule has 0 spiro atoms. The topological polar surface area (TPSA) is 106 Å². The molecule has 0 radical (unpaired) electrons. The molecule has 2 aromatic rings. The van der Waals surface area contributed by atoms with E-state index in [0.717, 1.165) is 9.80 Å². The van der Waals surface area contributed by atoms with E-state index in [9.17, 15) is 24.0 Å². The van der Waals surface area contributed by atoms with Gasteiger partial charge in [0.2, 0.25) is 11.8 Å². The van der Waals surface area contributed by atoms with E-state index in [1.54, 1.807) is 36.4 Å². The summed E-state index contributed by atoms with van der Waals surface area (Å²) in [5, 5.41) is 19.8. The van der Waals surface area contributed by atoms with Crippen LogP contribution in [0.1, 0.15) is 11.1 Å². The Bertz CT molecular complexity index is 1110. The van der Waals surface area contributed by atoms with Crippen LogP contribution in [0.3, 0.4) is 0 Å². The molecule has 31 heavy (non-hydrogen) atoms. The summed E-state index contributed by atoms with van der Waals surface area (Å²) < 4.78 is 14.4. The zero-order chi connectivity index (χ0) is 22.3. The molecule has 0 aliphatic carbocycles. The fourth-order valence-corrected chi connectivity index (χ4v) is 3.62. The number of hydroxylamine groups is 2. The Morgan fingerprint density at radius 2 is 1.45 bits per heavy atom. The molecule has 2 heterocycles. The molecule has 1 saturated heterocycles. The molecule has 2 aromatic carbocycles. The lowest BCUT2D eigenvalue weighted by atomic mass is 9.87. The van der Waals surface area contributed by atoms with Crippen LogP contribution in [0.5, 0.6) is 0 Å². The standard InChI is InChI=1S/C21H18FN5O4/c1-25-19(28)15(20(29)26(2)21(25)30)17-16(12-8-4-3-5-9-12)23-24-18(27(17)31)13-10-6-7-11-14(13)22/h3-11,15,17,31H,1-2H3. The lowest BCUT2D eigenvalue weighted by molar-refractivity contribution is -0.154. The number of benzene rings is 2. The predicted molar refractivity (Wildman–Crippen MR) is 108 cm³/mol. The molecule has 1 unspecified atom stereocenters. The van der Waals surface area contributed by atoms with Crippen molar-refractivity contribution in [2.45, 2.75) is 6.04 Å². The van der Waals surface area contributed by atoms with Crippen LogP contribution in [0.2, 0.25) is 0 Å². The third-order valence-electron chi connectivity index (χ3n) is 5.28. The van der Waals surface area contributed by atoms with Crippen molar-refractivity contribution in [1.29, 1.82) is 0 Å². The van der Waals surface area contributed by atoms with Crippen LogP contribution < -0.4 is 0 Å². The summed E-state index contributed by atoms with van der Waals surface area (Å²) in [6.07, 6.45) is 0. The van der Waals surface area contributed by atoms with Crippen molar-refractivity contribution in [3.63, 3.8) is 0 Å². The molecule has 4 rings (SSSR count). The van der Waals surface area contributed by atoms with Gasteiger partial charge in [-0.1, -0.05) is 42.5 Å². The van der Waals surface area contributed by atoms with Crippen molar-refractivity contribution in [2.75, 3.05) is 14.1 Å². The van der Waals surface area contributed by atoms with Crippen molar-refractivity contribution < 1.29 is 24.0 Å². The van der Waals surface area contributed by atoms with Crippen molar-refractivity contribution in [2.24, 2.45) is 16.1 Å². The summed E-state index contributed by atoms with van der Waals surface area (Å²) in [7, 11) is 2.49. The Hall–Kier alpha value is -3.92. The van der Waals surface area contributed by atoms with Crippen molar-refractivity contribution in [3.05, 3.63) is 71.5 Å². The normalized spacial score (nSPS) is 20.2. The number of hydrogen-bond acceptors (Lipinski definition) is 7. The fourth-order valence-electron chi connectivity index (χ4n) is 3.62. The monoisotopic (exact) mass is 423 g/mol. The van der Waals surface area contributed by atoms with Gasteiger partial charge in [-0.3, -0.25) is 24.6 Å². The summed E-state index contributed by atoms with van der Waals surface area (Å²) in [4.78, 5) is 39.7.